The number of anilines is 1. The van der Waals surface area contributed by atoms with Gasteiger partial charge in [0.2, 0.25) is 0 Å². The minimum Gasteiger partial charge on any atom is -0.377 e. The van der Waals surface area contributed by atoms with Gasteiger partial charge in [-0.1, -0.05) is 0 Å². The number of rotatable bonds is 3. The van der Waals surface area contributed by atoms with Crippen molar-refractivity contribution in [1.29, 1.82) is 0 Å². The van der Waals surface area contributed by atoms with Gasteiger partial charge in [0.05, 0.1) is 11.8 Å². The first-order valence-electron chi connectivity index (χ1n) is 7.75. The Kier molecular flexibility index (Phi) is 4.58. The normalized spacial score (nSPS) is 28.8. The van der Waals surface area contributed by atoms with Crippen molar-refractivity contribution in [2.75, 3.05) is 37.7 Å². The molecule has 0 bridgehead atoms. The van der Waals surface area contributed by atoms with Gasteiger partial charge in [0, 0.05) is 44.2 Å². The van der Waals surface area contributed by atoms with Crippen LogP contribution in [0.4, 0.5) is 5.13 Å². The van der Waals surface area contributed by atoms with Gasteiger partial charge in [-0.05, 0) is 33.1 Å². The van der Waals surface area contributed by atoms with Crippen LogP contribution < -0.4 is 4.90 Å². The van der Waals surface area contributed by atoms with E-state index in [4.69, 9.17) is 4.74 Å². The number of aromatic nitrogens is 1. The summed E-state index contributed by atoms with van der Waals surface area (Å²) < 4.78 is 5.87. The fourth-order valence-corrected chi connectivity index (χ4v) is 4.13. The van der Waals surface area contributed by atoms with E-state index < -0.39 is 0 Å². The van der Waals surface area contributed by atoms with Crippen LogP contribution in [0.2, 0.25) is 0 Å². The van der Waals surface area contributed by atoms with Crippen LogP contribution >= 0.6 is 11.3 Å². The molecular weight excluding hydrogens is 270 g/mol. The maximum Gasteiger partial charge on any atom is 0.185 e. The standard InChI is InChI=1S/C15H25N3OS/c1-12-11-20-15(16-12)18-7-6-17(9-13(18)2)10-14-5-3-4-8-19-14/h11,13-14H,3-10H2,1-2H3/t13-,14-/m0/s1. The van der Waals surface area contributed by atoms with Crippen LogP contribution in [0, 0.1) is 6.92 Å². The van der Waals surface area contributed by atoms with Gasteiger partial charge in [-0.25, -0.2) is 4.98 Å². The zero-order chi connectivity index (χ0) is 13.9. The molecule has 112 valence electrons. The smallest absolute Gasteiger partial charge is 0.185 e. The molecule has 0 amide bonds. The second kappa shape index (κ2) is 6.41. The minimum absolute atomic E-state index is 0.463. The van der Waals surface area contributed by atoms with Gasteiger partial charge < -0.3 is 9.64 Å². The fraction of sp³-hybridized carbons (Fsp3) is 0.800. The Balaban J connectivity index is 1.53. The summed E-state index contributed by atoms with van der Waals surface area (Å²) in [6, 6.07) is 0.540. The molecule has 4 nitrogen and oxygen atoms in total. The Labute approximate surface area is 125 Å². The van der Waals surface area contributed by atoms with Crippen molar-refractivity contribution in [3.05, 3.63) is 11.1 Å². The molecule has 3 heterocycles. The summed E-state index contributed by atoms with van der Waals surface area (Å²) in [4.78, 5) is 9.65. The minimum atomic E-state index is 0.463. The fourth-order valence-electron chi connectivity index (χ4n) is 3.20. The van der Waals surface area contributed by atoms with Crippen molar-refractivity contribution >= 4 is 16.5 Å². The molecule has 0 saturated carbocycles. The summed E-state index contributed by atoms with van der Waals surface area (Å²) in [5.74, 6) is 0. The molecule has 0 radical (unpaired) electrons. The van der Waals surface area contributed by atoms with E-state index in [1.54, 1.807) is 11.3 Å². The van der Waals surface area contributed by atoms with E-state index in [1.165, 1.54) is 24.4 Å². The van der Waals surface area contributed by atoms with Crippen LogP contribution in [0.15, 0.2) is 5.38 Å². The van der Waals surface area contributed by atoms with Crippen LogP contribution in [0.3, 0.4) is 0 Å². The van der Waals surface area contributed by atoms with Crippen LogP contribution in [0.1, 0.15) is 31.9 Å². The Bertz CT molecular complexity index is 431. The number of nitrogens with zero attached hydrogens (tertiary/aromatic N) is 3. The molecule has 1 aromatic heterocycles. The Morgan fingerprint density at radius 1 is 1.40 bits per heavy atom. The molecule has 0 spiro atoms. The number of ether oxygens (including phenoxy) is 1. The Morgan fingerprint density at radius 2 is 2.30 bits per heavy atom. The van der Waals surface area contributed by atoms with Crippen LogP contribution in [-0.2, 0) is 4.74 Å². The van der Waals surface area contributed by atoms with Crippen LogP contribution in [0.25, 0.3) is 0 Å². The lowest BCUT2D eigenvalue weighted by Crippen LogP contribution is -2.53. The van der Waals surface area contributed by atoms with Crippen molar-refractivity contribution in [2.24, 2.45) is 0 Å². The van der Waals surface area contributed by atoms with Gasteiger partial charge in [-0.2, -0.15) is 0 Å². The maximum absolute atomic E-state index is 5.87. The molecule has 2 fully saturated rings. The van der Waals surface area contributed by atoms with Gasteiger partial charge in [-0.15, -0.1) is 11.3 Å². The lowest BCUT2D eigenvalue weighted by molar-refractivity contribution is -0.00823. The summed E-state index contributed by atoms with van der Waals surface area (Å²) >= 11 is 1.77. The molecule has 1 aromatic rings. The molecule has 2 atom stereocenters. The third-order valence-electron chi connectivity index (χ3n) is 4.30. The molecule has 0 N–H and O–H groups in total. The lowest BCUT2D eigenvalue weighted by atomic mass is 10.1. The molecule has 20 heavy (non-hydrogen) atoms. The molecule has 0 aromatic carbocycles. The van der Waals surface area contributed by atoms with E-state index in [0.717, 1.165) is 38.5 Å². The molecule has 2 aliphatic rings. The van der Waals surface area contributed by atoms with Crippen molar-refractivity contribution in [2.45, 2.75) is 45.3 Å². The SMILES string of the molecule is Cc1csc(N2CCN(C[C@@H]3CCCCO3)C[C@@H]2C)n1. The highest BCUT2D eigenvalue weighted by atomic mass is 32.1. The average molecular weight is 295 g/mol. The summed E-state index contributed by atoms with van der Waals surface area (Å²) in [6.07, 6.45) is 4.27. The second-order valence-electron chi connectivity index (χ2n) is 6.06. The number of hydrogen-bond acceptors (Lipinski definition) is 5. The van der Waals surface area contributed by atoms with E-state index >= 15 is 0 Å². The van der Waals surface area contributed by atoms with Crippen LogP contribution in [-0.4, -0.2) is 54.8 Å². The van der Waals surface area contributed by atoms with Crippen molar-refractivity contribution < 1.29 is 4.74 Å². The van der Waals surface area contributed by atoms with Crippen LogP contribution in [0.5, 0.6) is 0 Å². The summed E-state index contributed by atoms with van der Waals surface area (Å²) in [5, 5.41) is 3.33. The largest absolute Gasteiger partial charge is 0.377 e. The Morgan fingerprint density at radius 3 is 2.95 bits per heavy atom. The van der Waals surface area contributed by atoms with E-state index in [0.29, 0.717) is 12.1 Å². The zero-order valence-electron chi connectivity index (χ0n) is 12.5. The highest BCUT2D eigenvalue weighted by Crippen LogP contribution is 2.25. The van der Waals surface area contributed by atoms with Crippen molar-refractivity contribution in [1.82, 2.24) is 9.88 Å². The van der Waals surface area contributed by atoms with E-state index in [2.05, 4.69) is 34.0 Å². The zero-order valence-corrected chi connectivity index (χ0v) is 13.4. The van der Waals surface area contributed by atoms with Gasteiger partial charge in [-0.3, -0.25) is 4.90 Å². The van der Waals surface area contributed by atoms with Crippen molar-refractivity contribution in [3.63, 3.8) is 0 Å². The van der Waals surface area contributed by atoms with Gasteiger partial charge in [0.15, 0.2) is 5.13 Å². The predicted molar refractivity (Wildman–Crippen MR) is 83.7 cm³/mol. The Hall–Kier alpha value is -0.650. The third kappa shape index (κ3) is 3.32. The molecule has 2 saturated heterocycles. The quantitative estimate of drug-likeness (QED) is 0.857. The number of thiazole rings is 1. The molecule has 3 rings (SSSR count). The number of hydrogen-bond donors (Lipinski definition) is 0. The van der Waals surface area contributed by atoms with E-state index in [9.17, 15) is 0 Å². The van der Waals surface area contributed by atoms with Gasteiger partial charge >= 0.3 is 0 Å². The predicted octanol–water partition coefficient (Wildman–Crippen LogP) is 2.53. The van der Waals surface area contributed by atoms with E-state index in [-0.39, 0.29) is 0 Å². The molecule has 0 unspecified atom stereocenters. The van der Waals surface area contributed by atoms with E-state index in [1.807, 2.05) is 0 Å². The first-order chi connectivity index (χ1) is 9.72. The topological polar surface area (TPSA) is 28.6 Å². The van der Waals surface area contributed by atoms with Gasteiger partial charge in [0.25, 0.3) is 0 Å². The lowest BCUT2D eigenvalue weighted by Gasteiger charge is -2.41. The first kappa shape index (κ1) is 14.3. The highest BCUT2D eigenvalue weighted by molar-refractivity contribution is 7.13. The number of aryl methyl sites for hydroxylation is 1. The molecule has 0 aliphatic carbocycles. The second-order valence-corrected chi connectivity index (χ2v) is 6.90. The summed E-state index contributed by atoms with van der Waals surface area (Å²) in [6.45, 7) is 9.78. The average Bonchev–Trinajstić information content (AvgIpc) is 2.86. The molecule has 2 aliphatic heterocycles. The van der Waals surface area contributed by atoms with Gasteiger partial charge in [0.1, 0.15) is 0 Å². The molecule has 5 heteroatoms. The maximum atomic E-state index is 5.87. The summed E-state index contributed by atoms with van der Waals surface area (Å²) in [7, 11) is 0. The third-order valence-corrected chi connectivity index (χ3v) is 5.30. The highest BCUT2D eigenvalue weighted by Gasteiger charge is 2.27. The molecular formula is C15H25N3OS. The first-order valence-corrected chi connectivity index (χ1v) is 8.63. The number of piperazine rings is 1. The van der Waals surface area contributed by atoms with Crippen molar-refractivity contribution in [3.8, 4) is 0 Å². The monoisotopic (exact) mass is 295 g/mol. The summed E-state index contributed by atoms with van der Waals surface area (Å²) in [5.41, 5.74) is 1.13.